The van der Waals surface area contributed by atoms with Gasteiger partial charge in [-0.15, -0.1) is 0 Å². The van der Waals surface area contributed by atoms with Crippen molar-refractivity contribution in [2.45, 2.75) is 75.6 Å². The number of rotatable bonds is 9. The van der Waals surface area contributed by atoms with Gasteiger partial charge < -0.3 is 19.9 Å². The van der Waals surface area contributed by atoms with E-state index in [0.717, 1.165) is 77.2 Å². The van der Waals surface area contributed by atoms with E-state index >= 15 is 0 Å². The van der Waals surface area contributed by atoms with Crippen molar-refractivity contribution in [1.82, 2.24) is 48.6 Å². The number of anilines is 2. The zero-order chi connectivity index (χ0) is 42.6. The van der Waals surface area contributed by atoms with Crippen LogP contribution in [0.5, 0.6) is 0 Å². The van der Waals surface area contributed by atoms with Crippen LogP contribution in [0.4, 0.5) is 20.3 Å². The maximum absolute atomic E-state index is 14.3. The second-order valence-electron chi connectivity index (χ2n) is 17.2. The average Bonchev–Trinajstić information content (AvgIpc) is 4.12. The molecule has 3 amide bonds. The Balaban J connectivity index is 0.718. The maximum Gasteiger partial charge on any atom is 0.329 e. The molecule has 0 spiro atoms. The van der Waals surface area contributed by atoms with Crippen LogP contribution < -0.4 is 21.2 Å². The van der Waals surface area contributed by atoms with Crippen LogP contribution in [0.3, 0.4) is 0 Å². The van der Waals surface area contributed by atoms with Gasteiger partial charge in [-0.1, -0.05) is 17.9 Å². The number of fused-ring (bicyclic) bond motifs is 4. The van der Waals surface area contributed by atoms with Crippen molar-refractivity contribution in [1.29, 1.82) is 0 Å². The number of aromatic nitrogens is 7. The molecule has 1 aliphatic carbocycles. The predicted molar refractivity (Wildman–Crippen MR) is 223 cm³/mol. The Hall–Kier alpha value is -5.97. The minimum Gasteiger partial charge on any atom is -0.374 e. The van der Waals surface area contributed by atoms with E-state index in [1.54, 1.807) is 17.9 Å². The van der Waals surface area contributed by atoms with Gasteiger partial charge in [0.2, 0.25) is 11.8 Å². The molecular formula is C43H48F2N12O5. The van der Waals surface area contributed by atoms with E-state index in [9.17, 15) is 28.0 Å². The number of aryl methyl sites for hydroxylation is 1. The number of hydrogen-bond acceptors (Lipinski definition) is 11. The molecule has 17 nitrogen and oxygen atoms in total. The Morgan fingerprint density at radius 1 is 1.03 bits per heavy atom. The van der Waals surface area contributed by atoms with E-state index in [4.69, 9.17) is 9.72 Å². The number of piperazine rings is 1. The molecule has 1 saturated carbocycles. The molecule has 4 aromatic heterocycles. The third-order valence-electron chi connectivity index (χ3n) is 13.3. The number of benzene rings is 1. The summed E-state index contributed by atoms with van der Waals surface area (Å²) in [6, 6.07) is 6.83. The molecule has 1 unspecified atom stereocenters. The van der Waals surface area contributed by atoms with Crippen LogP contribution in [-0.4, -0.2) is 126 Å². The standard InChI is InChI=1S/C43H48F2N12O5/c1-51-38-27(4-2-6-33(38)57(43(51)61)34-11-12-36(58)49-42(34)60)5-3-14-52-16-18-53(19-17-52)22-26-7-9-28(10-8-26)56-24-32(37(50-56)39(44)45)47-41(59)31-21-46-55-15-13-35(48-40(31)55)54-23-30-20-29(54)25-62-30/h2,4,6,13,15,21,24,26,28-30,34,39H,7-12,14,16-20,22-23,25H2,1H3,(H,47,59)(H,49,58,60)/t26?,28?,29-,30-,34?/m0/s1. The van der Waals surface area contributed by atoms with Gasteiger partial charge in [0.05, 0.1) is 59.8 Å². The lowest BCUT2D eigenvalue weighted by Crippen LogP contribution is -2.48. The predicted octanol–water partition coefficient (Wildman–Crippen LogP) is 3.12. The van der Waals surface area contributed by atoms with E-state index in [1.165, 1.54) is 26.0 Å². The number of carbonyl (C=O) groups is 3. The first-order valence-electron chi connectivity index (χ1n) is 21.5. The van der Waals surface area contributed by atoms with Gasteiger partial charge in [0.1, 0.15) is 17.4 Å². The molecule has 3 atom stereocenters. The highest BCUT2D eigenvalue weighted by molar-refractivity contribution is 6.08. The van der Waals surface area contributed by atoms with Gasteiger partial charge in [0, 0.05) is 65.1 Å². The Labute approximate surface area is 355 Å². The molecule has 62 heavy (non-hydrogen) atoms. The molecule has 1 aromatic carbocycles. The molecule has 19 heteroatoms. The molecule has 4 aliphatic heterocycles. The van der Waals surface area contributed by atoms with Gasteiger partial charge in [0.15, 0.2) is 11.3 Å². The number of hydrogen-bond donors (Lipinski definition) is 2. The Morgan fingerprint density at radius 3 is 2.58 bits per heavy atom. The smallest absolute Gasteiger partial charge is 0.329 e. The fraction of sp³-hybridized carbons (Fsp3) is 0.512. The van der Waals surface area contributed by atoms with Crippen molar-refractivity contribution in [2.24, 2.45) is 13.0 Å². The minimum atomic E-state index is -2.86. The third-order valence-corrected chi connectivity index (χ3v) is 13.3. The van der Waals surface area contributed by atoms with Crippen LogP contribution in [0.25, 0.3) is 16.7 Å². The number of halogens is 2. The molecule has 5 fully saturated rings. The van der Waals surface area contributed by atoms with Crippen molar-refractivity contribution in [2.75, 3.05) is 62.6 Å². The van der Waals surface area contributed by atoms with Gasteiger partial charge >= 0.3 is 5.69 Å². The maximum atomic E-state index is 14.3. The van der Waals surface area contributed by atoms with Crippen molar-refractivity contribution in [3.8, 4) is 11.8 Å². The normalized spacial score (nSPS) is 24.6. The summed E-state index contributed by atoms with van der Waals surface area (Å²) in [6.45, 7) is 6.50. The number of alkyl halides is 2. The van der Waals surface area contributed by atoms with E-state index in [2.05, 4.69) is 47.4 Å². The lowest BCUT2D eigenvalue weighted by molar-refractivity contribution is -0.135. The van der Waals surface area contributed by atoms with E-state index in [1.807, 2.05) is 24.3 Å². The summed E-state index contributed by atoms with van der Waals surface area (Å²) in [5, 5.41) is 13.6. The van der Waals surface area contributed by atoms with Gasteiger partial charge in [0.25, 0.3) is 12.3 Å². The molecule has 5 aromatic rings. The van der Waals surface area contributed by atoms with Crippen LogP contribution in [0, 0.1) is 17.8 Å². The number of para-hydroxylation sites is 1. The van der Waals surface area contributed by atoms with Crippen molar-refractivity contribution >= 4 is 45.9 Å². The summed E-state index contributed by atoms with van der Waals surface area (Å²) in [5.41, 5.74) is 1.75. The van der Waals surface area contributed by atoms with Gasteiger partial charge in [-0.05, 0) is 62.6 Å². The summed E-state index contributed by atoms with van der Waals surface area (Å²) in [7, 11) is 1.68. The minimum absolute atomic E-state index is 0.00858. The SMILES string of the molecule is Cn1c(=O)n(C2CCC(=O)NC2=O)c2cccc(C#CCN3CCN(CC4CCC(n5cc(NC(=O)c6cnn7ccc(N8C[C@@H]9C[C@H]8CO9)nc67)c(C(F)F)n5)CC4)CC3)c21. The molecule has 2 bridgehead atoms. The molecule has 0 radical (unpaired) electrons. The molecular weight excluding hydrogens is 803 g/mol. The zero-order valence-electron chi connectivity index (χ0n) is 34.4. The zero-order valence-corrected chi connectivity index (χ0v) is 34.4. The third kappa shape index (κ3) is 7.53. The van der Waals surface area contributed by atoms with Gasteiger partial charge in [-0.3, -0.25) is 38.4 Å². The molecule has 324 valence electrons. The lowest BCUT2D eigenvalue weighted by atomic mass is 9.85. The largest absolute Gasteiger partial charge is 0.374 e. The Kier molecular flexibility index (Phi) is 10.6. The van der Waals surface area contributed by atoms with Crippen molar-refractivity contribution < 1.29 is 27.9 Å². The van der Waals surface area contributed by atoms with Gasteiger partial charge in [-0.25, -0.2) is 23.1 Å². The van der Waals surface area contributed by atoms with Crippen molar-refractivity contribution in [3.63, 3.8) is 0 Å². The Morgan fingerprint density at radius 2 is 1.84 bits per heavy atom. The fourth-order valence-electron chi connectivity index (χ4n) is 10.0. The van der Waals surface area contributed by atoms with Crippen molar-refractivity contribution in [3.05, 3.63) is 70.2 Å². The average molecular weight is 851 g/mol. The topological polar surface area (TPSA) is 169 Å². The lowest BCUT2D eigenvalue weighted by Gasteiger charge is -2.37. The molecule has 5 aliphatic rings. The summed E-state index contributed by atoms with van der Waals surface area (Å²) in [5.74, 6) is 6.41. The monoisotopic (exact) mass is 850 g/mol. The summed E-state index contributed by atoms with van der Waals surface area (Å²) < 4.78 is 40.4. The van der Waals surface area contributed by atoms with E-state index < -0.39 is 30.0 Å². The highest BCUT2D eigenvalue weighted by Crippen LogP contribution is 2.36. The van der Waals surface area contributed by atoms with Crippen LogP contribution in [-0.2, 0) is 21.4 Å². The second-order valence-corrected chi connectivity index (χ2v) is 17.2. The summed E-state index contributed by atoms with van der Waals surface area (Å²) in [6.07, 6.45) is 6.91. The fourth-order valence-corrected chi connectivity index (χ4v) is 10.0. The molecule has 8 heterocycles. The first-order chi connectivity index (χ1) is 30.1. The van der Waals surface area contributed by atoms with Gasteiger partial charge in [-0.2, -0.15) is 10.2 Å². The van der Waals surface area contributed by atoms with Crippen LogP contribution >= 0.6 is 0 Å². The molecule has 10 rings (SSSR count). The number of nitrogens with zero attached hydrogens (tertiary/aromatic N) is 10. The number of imidazole rings is 1. The summed E-state index contributed by atoms with van der Waals surface area (Å²) >= 11 is 0. The van der Waals surface area contributed by atoms with E-state index in [-0.39, 0.29) is 53.9 Å². The number of carbonyl (C=O) groups excluding carboxylic acids is 3. The van der Waals surface area contributed by atoms with E-state index in [0.29, 0.717) is 41.3 Å². The highest BCUT2D eigenvalue weighted by atomic mass is 19.3. The number of amides is 3. The number of piperidine rings is 1. The highest BCUT2D eigenvalue weighted by Gasteiger charge is 2.40. The summed E-state index contributed by atoms with van der Waals surface area (Å²) in [4.78, 5) is 62.9. The quantitative estimate of drug-likeness (QED) is 0.165. The molecule has 2 N–H and O–H groups in total. The number of nitrogens with one attached hydrogen (secondary N) is 2. The first kappa shape index (κ1) is 40.1. The van der Waals surface area contributed by atoms with Crippen LogP contribution in [0.15, 0.2) is 47.7 Å². The second kappa shape index (κ2) is 16.4. The number of morpholine rings is 1. The first-order valence-corrected chi connectivity index (χ1v) is 21.5. The van der Waals surface area contributed by atoms with Crippen LogP contribution in [0.2, 0.25) is 0 Å². The number of imide groups is 1. The number of ether oxygens (including phenoxy) is 1. The van der Waals surface area contributed by atoms with Crippen LogP contribution in [0.1, 0.15) is 85.1 Å². The Bertz CT molecular complexity index is 2680. The molecule has 4 saturated heterocycles.